The molecule has 0 aromatic carbocycles. The van der Waals surface area contributed by atoms with Crippen LogP contribution < -0.4 is 10.6 Å². The Morgan fingerprint density at radius 2 is 2.06 bits per heavy atom. The molecule has 0 aromatic rings. The molecule has 1 atom stereocenters. The van der Waals surface area contributed by atoms with Crippen LogP contribution in [0.15, 0.2) is 0 Å². The minimum Gasteiger partial charge on any atom is -0.396 e. The number of carbonyl (C=O) groups is 1. The third-order valence-corrected chi connectivity index (χ3v) is 4.26. The van der Waals surface area contributed by atoms with Crippen molar-refractivity contribution in [2.75, 3.05) is 19.7 Å². The summed E-state index contributed by atoms with van der Waals surface area (Å²) in [6.45, 7) is 1.83. The van der Waals surface area contributed by atoms with Crippen molar-refractivity contribution in [3.63, 3.8) is 0 Å². The van der Waals surface area contributed by atoms with E-state index < -0.39 is 0 Å². The molecule has 2 fully saturated rings. The molecule has 17 heavy (non-hydrogen) atoms. The SMILES string of the molecule is O=C1NCCCC1NCC1(CO)CCCCC1. The zero-order valence-electron chi connectivity index (χ0n) is 10.5. The summed E-state index contributed by atoms with van der Waals surface area (Å²) in [6.07, 6.45) is 7.85. The number of nitrogens with one attached hydrogen (secondary N) is 2. The van der Waals surface area contributed by atoms with E-state index in [0.717, 1.165) is 38.8 Å². The van der Waals surface area contributed by atoms with E-state index in [1.807, 2.05) is 0 Å². The first-order valence-corrected chi connectivity index (χ1v) is 6.88. The first-order chi connectivity index (χ1) is 8.26. The maximum atomic E-state index is 11.6. The van der Waals surface area contributed by atoms with Crippen LogP contribution in [-0.4, -0.2) is 36.8 Å². The third kappa shape index (κ3) is 3.19. The maximum absolute atomic E-state index is 11.6. The second-order valence-electron chi connectivity index (χ2n) is 5.59. The first kappa shape index (κ1) is 12.8. The Morgan fingerprint density at radius 3 is 2.71 bits per heavy atom. The highest BCUT2D eigenvalue weighted by Crippen LogP contribution is 2.35. The maximum Gasteiger partial charge on any atom is 0.237 e. The van der Waals surface area contributed by atoms with Gasteiger partial charge in [-0.15, -0.1) is 0 Å². The lowest BCUT2D eigenvalue weighted by molar-refractivity contribution is -0.124. The van der Waals surface area contributed by atoms with Gasteiger partial charge in [-0.2, -0.15) is 0 Å². The van der Waals surface area contributed by atoms with Crippen LogP contribution in [0.3, 0.4) is 0 Å². The second kappa shape index (κ2) is 5.83. The monoisotopic (exact) mass is 240 g/mol. The molecule has 1 aliphatic heterocycles. The molecule has 1 aliphatic carbocycles. The van der Waals surface area contributed by atoms with Gasteiger partial charge >= 0.3 is 0 Å². The number of hydrogen-bond donors (Lipinski definition) is 3. The molecule has 98 valence electrons. The van der Waals surface area contributed by atoms with Crippen LogP contribution in [0.4, 0.5) is 0 Å². The van der Waals surface area contributed by atoms with Crippen molar-refractivity contribution >= 4 is 5.91 Å². The van der Waals surface area contributed by atoms with E-state index in [4.69, 9.17) is 0 Å². The summed E-state index contributed by atoms with van der Waals surface area (Å²) < 4.78 is 0. The molecular formula is C13H24N2O2. The Hall–Kier alpha value is -0.610. The van der Waals surface area contributed by atoms with Gasteiger partial charge in [0.15, 0.2) is 0 Å². The van der Waals surface area contributed by atoms with Crippen LogP contribution in [0, 0.1) is 5.41 Å². The molecule has 1 heterocycles. The Kier molecular flexibility index (Phi) is 4.40. The topological polar surface area (TPSA) is 61.4 Å². The highest BCUT2D eigenvalue weighted by molar-refractivity contribution is 5.82. The molecule has 4 heteroatoms. The molecule has 2 rings (SSSR count). The first-order valence-electron chi connectivity index (χ1n) is 6.88. The molecule has 3 N–H and O–H groups in total. The Bertz CT molecular complexity index is 262. The number of aliphatic hydroxyl groups is 1. The van der Waals surface area contributed by atoms with Gasteiger partial charge in [-0.3, -0.25) is 4.79 Å². The molecule has 1 saturated heterocycles. The highest BCUT2D eigenvalue weighted by atomic mass is 16.3. The van der Waals surface area contributed by atoms with Crippen molar-refractivity contribution < 1.29 is 9.90 Å². The zero-order valence-corrected chi connectivity index (χ0v) is 10.5. The number of piperidine rings is 1. The van der Waals surface area contributed by atoms with Gasteiger partial charge in [0.2, 0.25) is 5.91 Å². The quantitative estimate of drug-likeness (QED) is 0.681. The predicted molar refractivity (Wildman–Crippen MR) is 66.6 cm³/mol. The van der Waals surface area contributed by atoms with Crippen molar-refractivity contribution in [2.24, 2.45) is 5.41 Å². The largest absolute Gasteiger partial charge is 0.396 e. The molecule has 1 saturated carbocycles. The average molecular weight is 240 g/mol. The van der Waals surface area contributed by atoms with E-state index in [-0.39, 0.29) is 24.0 Å². The van der Waals surface area contributed by atoms with E-state index in [9.17, 15) is 9.90 Å². The lowest BCUT2D eigenvalue weighted by Crippen LogP contribution is -2.52. The minimum atomic E-state index is -0.0471. The molecule has 0 radical (unpaired) electrons. The number of aliphatic hydroxyl groups excluding tert-OH is 1. The zero-order chi connectivity index (χ0) is 12.1. The Labute approximate surface area is 103 Å². The van der Waals surface area contributed by atoms with Crippen LogP contribution >= 0.6 is 0 Å². The second-order valence-corrected chi connectivity index (χ2v) is 5.59. The summed E-state index contributed by atoms with van der Waals surface area (Å²) in [5, 5.41) is 15.8. The lowest BCUT2D eigenvalue weighted by Gasteiger charge is -2.37. The molecule has 0 spiro atoms. The van der Waals surface area contributed by atoms with Crippen molar-refractivity contribution in [1.29, 1.82) is 0 Å². The fourth-order valence-electron chi connectivity index (χ4n) is 3.00. The van der Waals surface area contributed by atoms with Gasteiger partial charge in [0.05, 0.1) is 6.04 Å². The van der Waals surface area contributed by atoms with Crippen molar-refractivity contribution in [1.82, 2.24) is 10.6 Å². The lowest BCUT2D eigenvalue weighted by atomic mass is 9.74. The van der Waals surface area contributed by atoms with Crippen LogP contribution in [0.5, 0.6) is 0 Å². The van der Waals surface area contributed by atoms with Crippen LogP contribution in [0.2, 0.25) is 0 Å². The minimum absolute atomic E-state index is 0.0238. The van der Waals surface area contributed by atoms with Gasteiger partial charge in [0.25, 0.3) is 0 Å². The molecule has 1 unspecified atom stereocenters. The summed E-state index contributed by atoms with van der Waals surface area (Å²) in [5.41, 5.74) is 0.0238. The predicted octanol–water partition coefficient (Wildman–Crippen LogP) is 0.797. The molecule has 0 aromatic heterocycles. The van der Waals surface area contributed by atoms with E-state index in [2.05, 4.69) is 10.6 Å². The molecule has 2 aliphatic rings. The van der Waals surface area contributed by atoms with Crippen molar-refractivity contribution in [3.05, 3.63) is 0 Å². The summed E-state index contributed by atoms with van der Waals surface area (Å²) >= 11 is 0. The molecule has 4 nitrogen and oxygen atoms in total. The van der Waals surface area contributed by atoms with E-state index in [1.54, 1.807) is 0 Å². The van der Waals surface area contributed by atoms with Crippen LogP contribution in [0.25, 0.3) is 0 Å². The average Bonchev–Trinajstić information content (AvgIpc) is 2.39. The van der Waals surface area contributed by atoms with Gasteiger partial charge in [-0.05, 0) is 25.7 Å². The highest BCUT2D eigenvalue weighted by Gasteiger charge is 2.33. The van der Waals surface area contributed by atoms with Crippen LogP contribution in [-0.2, 0) is 4.79 Å². The summed E-state index contributed by atoms with van der Waals surface area (Å²) in [5.74, 6) is 0.125. The third-order valence-electron chi connectivity index (χ3n) is 4.26. The van der Waals surface area contributed by atoms with E-state index in [0.29, 0.717) is 0 Å². The van der Waals surface area contributed by atoms with Crippen LogP contribution in [0.1, 0.15) is 44.9 Å². The van der Waals surface area contributed by atoms with E-state index in [1.165, 1.54) is 19.3 Å². The van der Waals surface area contributed by atoms with Gasteiger partial charge in [-0.1, -0.05) is 19.3 Å². The summed E-state index contributed by atoms with van der Waals surface area (Å²) in [6, 6.07) is -0.0471. The fourth-order valence-corrected chi connectivity index (χ4v) is 3.00. The standard InChI is InChI=1S/C13H24N2O2/c16-10-13(6-2-1-3-7-13)9-15-11-5-4-8-14-12(11)17/h11,15-16H,1-10H2,(H,14,17). The number of hydrogen-bond acceptors (Lipinski definition) is 3. The summed E-state index contributed by atoms with van der Waals surface area (Å²) in [4.78, 5) is 11.6. The van der Waals surface area contributed by atoms with Crippen molar-refractivity contribution in [2.45, 2.75) is 51.0 Å². The van der Waals surface area contributed by atoms with E-state index >= 15 is 0 Å². The van der Waals surface area contributed by atoms with Gasteiger partial charge in [0.1, 0.15) is 0 Å². The normalized spacial score (nSPS) is 28.8. The number of rotatable bonds is 4. The van der Waals surface area contributed by atoms with Gasteiger partial charge in [0, 0.05) is 25.1 Å². The summed E-state index contributed by atoms with van der Waals surface area (Å²) in [7, 11) is 0. The van der Waals surface area contributed by atoms with Crippen molar-refractivity contribution in [3.8, 4) is 0 Å². The smallest absolute Gasteiger partial charge is 0.237 e. The Balaban J connectivity index is 1.84. The Morgan fingerprint density at radius 1 is 1.29 bits per heavy atom. The molecule has 1 amide bonds. The number of amides is 1. The van der Waals surface area contributed by atoms with Gasteiger partial charge < -0.3 is 15.7 Å². The fraction of sp³-hybridized carbons (Fsp3) is 0.923. The number of carbonyl (C=O) groups excluding carboxylic acids is 1. The van der Waals surface area contributed by atoms with Gasteiger partial charge in [-0.25, -0.2) is 0 Å². The molecule has 0 bridgehead atoms. The molecular weight excluding hydrogens is 216 g/mol.